The van der Waals surface area contributed by atoms with E-state index >= 15 is 0 Å². The molecule has 2 saturated heterocycles. The van der Waals surface area contributed by atoms with Crippen molar-refractivity contribution in [2.24, 2.45) is 4.99 Å². The molecule has 0 bridgehead atoms. The maximum Gasteiger partial charge on any atom is 0.191 e. The van der Waals surface area contributed by atoms with Crippen LogP contribution in [-0.4, -0.2) is 80.7 Å². The molecule has 1 aromatic rings. The summed E-state index contributed by atoms with van der Waals surface area (Å²) in [6, 6.07) is 9.66. The summed E-state index contributed by atoms with van der Waals surface area (Å²) in [6.45, 7) is 18.8. The van der Waals surface area contributed by atoms with E-state index in [1.165, 1.54) is 50.3 Å². The number of rotatable bonds is 8. The first kappa shape index (κ1) is 26.2. The lowest BCUT2D eigenvalue weighted by Crippen LogP contribution is -2.50. The quantitative estimate of drug-likeness (QED) is 0.299. The van der Waals surface area contributed by atoms with Crippen LogP contribution in [0.15, 0.2) is 29.3 Å². The Morgan fingerprint density at radius 1 is 1.03 bits per heavy atom. The van der Waals surface area contributed by atoms with Crippen LogP contribution >= 0.6 is 24.0 Å². The molecule has 3 rings (SSSR count). The molecular formula is C24H43IN6. The van der Waals surface area contributed by atoms with E-state index < -0.39 is 0 Å². The van der Waals surface area contributed by atoms with E-state index in [9.17, 15) is 0 Å². The molecule has 0 amide bonds. The number of piperazine rings is 1. The largest absolute Gasteiger partial charge is 0.372 e. The summed E-state index contributed by atoms with van der Waals surface area (Å²) in [7, 11) is 0. The van der Waals surface area contributed by atoms with Crippen molar-refractivity contribution in [3.05, 3.63) is 29.8 Å². The SMILES string of the molecule is CCNC(=NCC(C)N1CCN(CC)CC1)NC(C)c1cccc(N2CCCC2)c1.I. The number of likely N-dealkylation sites (N-methyl/N-ethyl adjacent to an activating group) is 1. The third kappa shape index (κ3) is 7.79. The third-order valence-corrected chi connectivity index (χ3v) is 6.53. The first-order valence-electron chi connectivity index (χ1n) is 12.0. The number of nitrogens with zero attached hydrogens (tertiary/aromatic N) is 4. The highest BCUT2D eigenvalue weighted by Crippen LogP contribution is 2.24. The zero-order valence-electron chi connectivity index (χ0n) is 19.9. The van der Waals surface area contributed by atoms with E-state index in [-0.39, 0.29) is 30.0 Å². The molecule has 176 valence electrons. The Morgan fingerprint density at radius 3 is 2.39 bits per heavy atom. The van der Waals surface area contributed by atoms with E-state index in [4.69, 9.17) is 4.99 Å². The smallest absolute Gasteiger partial charge is 0.191 e. The zero-order chi connectivity index (χ0) is 21.3. The number of hydrogen-bond acceptors (Lipinski definition) is 4. The van der Waals surface area contributed by atoms with Gasteiger partial charge >= 0.3 is 0 Å². The van der Waals surface area contributed by atoms with Crippen molar-refractivity contribution in [2.75, 3.05) is 63.8 Å². The van der Waals surface area contributed by atoms with Gasteiger partial charge in [0.1, 0.15) is 0 Å². The van der Waals surface area contributed by atoms with E-state index in [0.29, 0.717) is 6.04 Å². The van der Waals surface area contributed by atoms with E-state index in [1.54, 1.807) is 0 Å². The van der Waals surface area contributed by atoms with Gasteiger partial charge in [0.05, 0.1) is 12.6 Å². The lowest BCUT2D eigenvalue weighted by atomic mass is 10.1. The molecule has 31 heavy (non-hydrogen) atoms. The van der Waals surface area contributed by atoms with E-state index in [0.717, 1.165) is 38.7 Å². The van der Waals surface area contributed by atoms with Crippen molar-refractivity contribution in [1.29, 1.82) is 0 Å². The minimum Gasteiger partial charge on any atom is -0.372 e. The molecule has 0 radical (unpaired) electrons. The number of hydrogen-bond donors (Lipinski definition) is 2. The van der Waals surface area contributed by atoms with Gasteiger partial charge in [-0.05, 0) is 57.9 Å². The van der Waals surface area contributed by atoms with Crippen molar-refractivity contribution in [3.8, 4) is 0 Å². The van der Waals surface area contributed by atoms with Crippen molar-refractivity contribution in [3.63, 3.8) is 0 Å². The highest BCUT2D eigenvalue weighted by atomic mass is 127. The van der Waals surface area contributed by atoms with Crippen LogP contribution in [0.2, 0.25) is 0 Å². The molecular weight excluding hydrogens is 499 g/mol. The molecule has 2 aliphatic rings. The standard InChI is InChI=1S/C24H42N6.HI/c1-5-25-24(26-19-20(3)29-16-14-28(6-2)15-17-29)27-21(4)22-10-9-11-23(18-22)30-12-7-8-13-30;/h9-11,18,20-21H,5-8,12-17,19H2,1-4H3,(H2,25,26,27);1H. The molecule has 0 saturated carbocycles. The van der Waals surface area contributed by atoms with Crippen molar-refractivity contribution < 1.29 is 0 Å². The van der Waals surface area contributed by atoms with Gasteiger partial charge in [-0.15, -0.1) is 24.0 Å². The average molecular weight is 543 g/mol. The Bertz CT molecular complexity index is 668. The Labute approximate surface area is 206 Å². The first-order valence-corrected chi connectivity index (χ1v) is 12.0. The Kier molecular flexibility index (Phi) is 11.4. The summed E-state index contributed by atoms with van der Waals surface area (Å²) < 4.78 is 0. The van der Waals surface area contributed by atoms with Gasteiger partial charge in [-0.25, -0.2) is 0 Å². The van der Waals surface area contributed by atoms with Gasteiger partial charge in [0.15, 0.2) is 5.96 Å². The Morgan fingerprint density at radius 2 is 1.74 bits per heavy atom. The Balaban J connectivity index is 0.00000341. The normalized spacial score (nSPS) is 20.3. The molecule has 2 heterocycles. The predicted molar refractivity (Wildman–Crippen MR) is 144 cm³/mol. The van der Waals surface area contributed by atoms with Gasteiger partial charge < -0.3 is 20.4 Å². The van der Waals surface area contributed by atoms with Crippen LogP contribution in [0, 0.1) is 0 Å². The van der Waals surface area contributed by atoms with Crippen LogP contribution in [-0.2, 0) is 0 Å². The second kappa shape index (κ2) is 13.5. The zero-order valence-corrected chi connectivity index (χ0v) is 22.3. The third-order valence-electron chi connectivity index (χ3n) is 6.53. The number of nitrogens with one attached hydrogen (secondary N) is 2. The molecule has 2 fully saturated rings. The second-order valence-electron chi connectivity index (χ2n) is 8.69. The summed E-state index contributed by atoms with van der Waals surface area (Å²) in [5.41, 5.74) is 2.66. The van der Waals surface area contributed by atoms with Gasteiger partial charge in [-0.1, -0.05) is 19.1 Å². The molecule has 2 atom stereocenters. The Hall–Kier alpha value is -1.06. The summed E-state index contributed by atoms with van der Waals surface area (Å²) in [6.07, 6.45) is 2.61. The fourth-order valence-electron chi connectivity index (χ4n) is 4.43. The number of guanidine groups is 1. The van der Waals surface area contributed by atoms with Crippen LogP contribution < -0.4 is 15.5 Å². The number of benzene rings is 1. The molecule has 2 N–H and O–H groups in total. The second-order valence-corrected chi connectivity index (χ2v) is 8.69. The van der Waals surface area contributed by atoms with Crippen molar-refractivity contribution in [1.82, 2.24) is 20.4 Å². The molecule has 7 heteroatoms. The average Bonchev–Trinajstić information content (AvgIpc) is 3.32. The van der Waals surface area contributed by atoms with Gasteiger partial charge in [-0.2, -0.15) is 0 Å². The predicted octanol–water partition coefficient (Wildman–Crippen LogP) is 3.55. The summed E-state index contributed by atoms with van der Waals surface area (Å²) in [4.78, 5) is 12.5. The molecule has 2 aliphatic heterocycles. The topological polar surface area (TPSA) is 46.1 Å². The lowest BCUT2D eigenvalue weighted by Gasteiger charge is -2.37. The fourth-order valence-corrected chi connectivity index (χ4v) is 4.43. The highest BCUT2D eigenvalue weighted by Gasteiger charge is 2.20. The van der Waals surface area contributed by atoms with Crippen LogP contribution in [0.5, 0.6) is 0 Å². The molecule has 1 aromatic carbocycles. The monoisotopic (exact) mass is 542 g/mol. The molecule has 0 spiro atoms. The molecule has 2 unspecified atom stereocenters. The fraction of sp³-hybridized carbons (Fsp3) is 0.708. The van der Waals surface area contributed by atoms with Crippen molar-refractivity contribution >= 4 is 35.6 Å². The lowest BCUT2D eigenvalue weighted by molar-refractivity contribution is 0.109. The van der Waals surface area contributed by atoms with Gasteiger partial charge in [0, 0.05) is 57.5 Å². The molecule has 0 aliphatic carbocycles. The van der Waals surface area contributed by atoms with Crippen LogP contribution in [0.1, 0.15) is 52.1 Å². The summed E-state index contributed by atoms with van der Waals surface area (Å²) >= 11 is 0. The minimum absolute atomic E-state index is 0. The first-order chi connectivity index (χ1) is 14.6. The number of aliphatic imine (C=N–C) groups is 1. The maximum atomic E-state index is 4.92. The highest BCUT2D eigenvalue weighted by molar-refractivity contribution is 14.0. The summed E-state index contributed by atoms with van der Waals surface area (Å²) in [5.74, 6) is 0.913. The number of halogens is 1. The van der Waals surface area contributed by atoms with Crippen LogP contribution in [0.3, 0.4) is 0 Å². The van der Waals surface area contributed by atoms with Gasteiger partial charge in [-0.3, -0.25) is 9.89 Å². The number of anilines is 1. The van der Waals surface area contributed by atoms with E-state index in [1.807, 2.05) is 0 Å². The minimum atomic E-state index is 0. The summed E-state index contributed by atoms with van der Waals surface area (Å²) in [5, 5.41) is 7.05. The maximum absolute atomic E-state index is 4.92. The van der Waals surface area contributed by atoms with E-state index in [2.05, 4.69) is 77.3 Å². The molecule has 0 aromatic heterocycles. The van der Waals surface area contributed by atoms with Crippen molar-refractivity contribution in [2.45, 2.75) is 52.6 Å². The van der Waals surface area contributed by atoms with Crippen LogP contribution in [0.25, 0.3) is 0 Å². The van der Waals surface area contributed by atoms with Crippen LogP contribution in [0.4, 0.5) is 5.69 Å². The van der Waals surface area contributed by atoms with Gasteiger partial charge in [0.2, 0.25) is 0 Å². The molecule has 6 nitrogen and oxygen atoms in total. The van der Waals surface area contributed by atoms with Gasteiger partial charge in [0.25, 0.3) is 0 Å².